The van der Waals surface area contributed by atoms with Crippen LogP contribution in [-0.4, -0.2) is 32.8 Å². The SMILES string of the molecule is COC(=O)c1c(O)c2ccc(Cl)c(Oc3ccccc3)c2c2ncnn12. The Kier molecular flexibility index (Phi) is 3.85. The van der Waals surface area contributed by atoms with Crippen molar-refractivity contribution in [2.75, 3.05) is 7.11 Å². The van der Waals surface area contributed by atoms with Gasteiger partial charge in [-0.05, 0) is 24.3 Å². The maximum Gasteiger partial charge on any atom is 0.360 e. The van der Waals surface area contributed by atoms with Gasteiger partial charge in [-0.2, -0.15) is 5.10 Å². The maximum atomic E-state index is 12.1. The summed E-state index contributed by atoms with van der Waals surface area (Å²) >= 11 is 6.35. The van der Waals surface area contributed by atoms with Gasteiger partial charge in [0, 0.05) is 5.39 Å². The number of methoxy groups -OCH3 is 1. The van der Waals surface area contributed by atoms with E-state index in [1.54, 1.807) is 24.3 Å². The zero-order chi connectivity index (χ0) is 18.3. The summed E-state index contributed by atoms with van der Waals surface area (Å²) < 4.78 is 11.9. The average molecular weight is 370 g/mol. The van der Waals surface area contributed by atoms with Crippen LogP contribution < -0.4 is 4.74 Å². The van der Waals surface area contributed by atoms with Crippen molar-refractivity contribution in [3.05, 3.63) is 59.5 Å². The summed E-state index contributed by atoms with van der Waals surface area (Å²) in [5.74, 6) is -0.156. The fourth-order valence-corrected chi connectivity index (χ4v) is 2.96. The molecule has 0 unspecified atom stereocenters. The van der Waals surface area contributed by atoms with E-state index in [1.165, 1.54) is 18.0 Å². The largest absolute Gasteiger partial charge is 0.505 e. The van der Waals surface area contributed by atoms with Crippen molar-refractivity contribution in [2.24, 2.45) is 0 Å². The van der Waals surface area contributed by atoms with Crippen molar-refractivity contribution >= 4 is 34.0 Å². The first kappa shape index (κ1) is 16.2. The number of hydrogen-bond donors (Lipinski definition) is 1. The number of para-hydroxylation sites is 1. The van der Waals surface area contributed by atoms with E-state index in [4.69, 9.17) is 21.1 Å². The van der Waals surface area contributed by atoms with Crippen LogP contribution in [0, 0.1) is 0 Å². The molecule has 2 aromatic carbocycles. The van der Waals surface area contributed by atoms with Crippen LogP contribution in [0.15, 0.2) is 48.8 Å². The lowest BCUT2D eigenvalue weighted by Gasteiger charge is -2.14. The van der Waals surface area contributed by atoms with E-state index in [-0.39, 0.29) is 11.4 Å². The number of esters is 1. The Balaban J connectivity index is 2.08. The highest BCUT2D eigenvalue weighted by Gasteiger charge is 2.25. The minimum absolute atomic E-state index is 0.125. The Labute approximate surface area is 152 Å². The van der Waals surface area contributed by atoms with E-state index in [2.05, 4.69) is 10.1 Å². The quantitative estimate of drug-likeness (QED) is 0.552. The molecule has 0 atom stereocenters. The van der Waals surface area contributed by atoms with Gasteiger partial charge in [0.2, 0.25) is 0 Å². The lowest BCUT2D eigenvalue weighted by molar-refractivity contribution is 0.0587. The molecular weight excluding hydrogens is 358 g/mol. The van der Waals surface area contributed by atoms with Crippen molar-refractivity contribution in [1.29, 1.82) is 0 Å². The number of carbonyl (C=O) groups is 1. The van der Waals surface area contributed by atoms with E-state index >= 15 is 0 Å². The first-order valence-electron chi connectivity index (χ1n) is 7.60. The molecule has 130 valence electrons. The normalized spacial score (nSPS) is 11.0. The predicted molar refractivity (Wildman–Crippen MR) is 95.0 cm³/mol. The third-order valence-corrected chi connectivity index (χ3v) is 4.21. The minimum Gasteiger partial charge on any atom is -0.505 e. The van der Waals surface area contributed by atoms with Crippen molar-refractivity contribution in [1.82, 2.24) is 14.6 Å². The lowest BCUT2D eigenvalue weighted by atomic mass is 10.1. The number of aromatic nitrogens is 3. The zero-order valence-electron chi connectivity index (χ0n) is 13.5. The Hall–Kier alpha value is -3.32. The van der Waals surface area contributed by atoms with Crippen LogP contribution in [0.3, 0.4) is 0 Å². The fourth-order valence-electron chi connectivity index (χ4n) is 2.77. The van der Waals surface area contributed by atoms with Gasteiger partial charge in [0.1, 0.15) is 12.1 Å². The molecule has 0 aliphatic carbocycles. The molecule has 2 aromatic heterocycles. The number of rotatable bonds is 3. The highest BCUT2D eigenvalue weighted by atomic mass is 35.5. The summed E-state index contributed by atoms with van der Waals surface area (Å²) in [6.45, 7) is 0. The van der Waals surface area contributed by atoms with Crippen LogP contribution in [0.2, 0.25) is 5.02 Å². The molecule has 26 heavy (non-hydrogen) atoms. The average Bonchev–Trinajstić information content (AvgIpc) is 3.13. The number of fused-ring (bicyclic) bond motifs is 3. The molecule has 4 aromatic rings. The zero-order valence-corrected chi connectivity index (χ0v) is 14.3. The van der Waals surface area contributed by atoms with Crippen LogP contribution in [0.1, 0.15) is 10.5 Å². The van der Waals surface area contributed by atoms with Crippen molar-refractivity contribution in [2.45, 2.75) is 0 Å². The first-order chi connectivity index (χ1) is 12.6. The number of benzene rings is 2. The molecule has 0 fully saturated rings. The van der Waals surface area contributed by atoms with Crippen LogP contribution in [0.25, 0.3) is 16.4 Å². The summed E-state index contributed by atoms with van der Waals surface area (Å²) in [6.07, 6.45) is 1.27. The molecule has 0 saturated carbocycles. The number of carbonyl (C=O) groups excluding carboxylic acids is 1. The second-order valence-electron chi connectivity index (χ2n) is 5.40. The Morgan fingerprint density at radius 3 is 2.69 bits per heavy atom. The van der Waals surface area contributed by atoms with Gasteiger partial charge in [-0.3, -0.25) is 0 Å². The number of nitrogens with zero attached hydrogens (tertiary/aromatic N) is 3. The summed E-state index contributed by atoms with van der Waals surface area (Å²) in [4.78, 5) is 16.3. The van der Waals surface area contributed by atoms with Crippen LogP contribution >= 0.6 is 11.6 Å². The first-order valence-corrected chi connectivity index (χ1v) is 7.97. The van der Waals surface area contributed by atoms with Gasteiger partial charge in [0.15, 0.2) is 22.8 Å². The molecule has 0 aliphatic heterocycles. The second kappa shape index (κ2) is 6.20. The van der Waals surface area contributed by atoms with Crippen LogP contribution in [0.5, 0.6) is 17.2 Å². The molecule has 0 saturated heterocycles. The van der Waals surface area contributed by atoms with Gasteiger partial charge < -0.3 is 14.6 Å². The van der Waals surface area contributed by atoms with Gasteiger partial charge in [-0.15, -0.1) is 0 Å². The highest BCUT2D eigenvalue weighted by molar-refractivity contribution is 6.34. The van der Waals surface area contributed by atoms with Crippen molar-refractivity contribution in [3.8, 4) is 17.2 Å². The molecule has 7 nitrogen and oxygen atoms in total. The predicted octanol–water partition coefficient (Wildman–Crippen LogP) is 3.82. The second-order valence-corrected chi connectivity index (χ2v) is 5.81. The highest BCUT2D eigenvalue weighted by Crippen LogP contribution is 2.42. The Morgan fingerprint density at radius 1 is 1.19 bits per heavy atom. The Morgan fingerprint density at radius 2 is 1.96 bits per heavy atom. The molecule has 8 heteroatoms. The van der Waals surface area contributed by atoms with Crippen molar-refractivity contribution < 1.29 is 19.4 Å². The van der Waals surface area contributed by atoms with Gasteiger partial charge in [-0.1, -0.05) is 29.8 Å². The summed E-state index contributed by atoms with van der Waals surface area (Å²) in [6, 6.07) is 12.2. The molecule has 0 aliphatic rings. The Bertz CT molecular complexity index is 1140. The standard InChI is InChI=1S/C18H12ClN3O4/c1-25-18(24)14-15(23)11-7-8-12(19)16(26-10-5-3-2-4-6-10)13(11)17-20-9-21-22(14)17/h2-9,23H,1H3. The molecule has 0 amide bonds. The topological polar surface area (TPSA) is 86.0 Å². The molecule has 0 bridgehead atoms. The lowest BCUT2D eigenvalue weighted by Crippen LogP contribution is -2.10. The van der Waals surface area contributed by atoms with Crippen molar-refractivity contribution in [3.63, 3.8) is 0 Å². The maximum absolute atomic E-state index is 12.1. The summed E-state index contributed by atoms with van der Waals surface area (Å²) in [5.41, 5.74) is 0.187. The molecule has 0 spiro atoms. The number of pyridine rings is 1. The van der Waals surface area contributed by atoms with Gasteiger partial charge in [0.05, 0.1) is 17.5 Å². The number of halogens is 1. The fraction of sp³-hybridized carbons (Fsp3) is 0.0556. The van der Waals surface area contributed by atoms with Crippen LogP contribution in [0.4, 0.5) is 0 Å². The molecule has 0 radical (unpaired) electrons. The van der Waals surface area contributed by atoms with E-state index in [0.29, 0.717) is 32.9 Å². The van der Waals surface area contributed by atoms with Gasteiger partial charge in [-0.25, -0.2) is 14.3 Å². The van der Waals surface area contributed by atoms with E-state index < -0.39 is 5.97 Å². The summed E-state index contributed by atoms with van der Waals surface area (Å²) in [7, 11) is 1.22. The van der Waals surface area contributed by atoms with Gasteiger partial charge in [0.25, 0.3) is 0 Å². The monoisotopic (exact) mass is 369 g/mol. The minimum atomic E-state index is -0.736. The smallest absolute Gasteiger partial charge is 0.360 e. The third kappa shape index (κ3) is 2.41. The van der Waals surface area contributed by atoms with Crippen LogP contribution in [-0.2, 0) is 4.74 Å². The number of hydrogen-bond acceptors (Lipinski definition) is 6. The van der Waals surface area contributed by atoms with E-state index in [9.17, 15) is 9.90 Å². The molecular formula is C18H12ClN3O4. The molecule has 2 heterocycles. The van der Waals surface area contributed by atoms with E-state index in [0.717, 1.165) is 0 Å². The summed E-state index contributed by atoms with van der Waals surface area (Å²) in [5, 5.41) is 15.8. The number of aromatic hydroxyl groups is 1. The number of ether oxygens (including phenoxy) is 2. The van der Waals surface area contributed by atoms with Gasteiger partial charge >= 0.3 is 5.97 Å². The molecule has 4 rings (SSSR count). The third-order valence-electron chi connectivity index (χ3n) is 3.91. The van der Waals surface area contributed by atoms with E-state index in [1.807, 2.05) is 18.2 Å². The molecule has 1 N–H and O–H groups in total.